The average Bonchev–Trinajstić information content (AvgIpc) is 2.37. The molecule has 0 aromatic heterocycles. The van der Waals surface area contributed by atoms with Crippen LogP contribution in [0, 0.1) is 0 Å². The Morgan fingerprint density at radius 2 is 1.95 bits per heavy atom. The average molecular weight is 308 g/mol. The summed E-state index contributed by atoms with van der Waals surface area (Å²) < 4.78 is 0. The van der Waals surface area contributed by atoms with Gasteiger partial charge in [0.15, 0.2) is 0 Å². The zero-order valence-electron chi connectivity index (χ0n) is 14.0. The molecule has 3 nitrogen and oxygen atoms in total. The van der Waals surface area contributed by atoms with Gasteiger partial charge in [0, 0.05) is 16.5 Å². The molecule has 0 saturated heterocycles. The lowest BCUT2D eigenvalue weighted by molar-refractivity contribution is -0.121. The van der Waals surface area contributed by atoms with Crippen molar-refractivity contribution in [1.82, 2.24) is 10.6 Å². The lowest BCUT2D eigenvalue weighted by Gasteiger charge is -2.23. The molecule has 1 aromatic carbocycles. The van der Waals surface area contributed by atoms with E-state index in [2.05, 4.69) is 48.7 Å². The highest BCUT2D eigenvalue weighted by molar-refractivity contribution is 8.00. The van der Waals surface area contributed by atoms with Crippen molar-refractivity contribution >= 4 is 17.7 Å². The number of thioether (sulfide) groups is 1. The Kier molecular flexibility index (Phi) is 6.75. The molecule has 118 valence electrons. The third-order valence-corrected chi connectivity index (χ3v) is 4.14. The van der Waals surface area contributed by atoms with Crippen LogP contribution in [-0.4, -0.2) is 23.2 Å². The molecule has 0 aliphatic carbocycles. The molecule has 0 saturated carbocycles. The van der Waals surface area contributed by atoms with E-state index < -0.39 is 0 Å². The molecule has 2 N–H and O–H groups in total. The smallest absolute Gasteiger partial charge is 0.233 e. The molecule has 1 rings (SSSR count). The van der Waals surface area contributed by atoms with Gasteiger partial charge in [-0.05, 0) is 58.9 Å². The number of carbonyl (C=O) groups is 1. The van der Waals surface area contributed by atoms with Gasteiger partial charge < -0.3 is 10.6 Å². The van der Waals surface area contributed by atoms with E-state index in [1.807, 2.05) is 27.7 Å². The van der Waals surface area contributed by atoms with E-state index in [1.54, 1.807) is 11.8 Å². The second-order valence-corrected chi connectivity index (χ2v) is 7.77. The van der Waals surface area contributed by atoms with E-state index in [-0.39, 0.29) is 16.7 Å². The van der Waals surface area contributed by atoms with Crippen LogP contribution in [0.2, 0.25) is 0 Å². The van der Waals surface area contributed by atoms with Crippen LogP contribution >= 0.6 is 11.8 Å². The topological polar surface area (TPSA) is 41.1 Å². The number of rotatable bonds is 6. The molecule has 0 heterocycles. The van der Waals surface area contributed by atoms with Crippen molar-refractivity contribution < 1.29 is 4.79 Å². The first kappa shape index (κ1) is 18.1. The van der Waals surface area contributed by atoms with E-state index in [1.165, 1.54) is 5.56 Å². The van der Waals surface area contributed by atoms with Gasteiger partial charge in [0.1, 0.15) is 0 Å². The summed E-state index contributed by atoms with van der Waals surface area (Å²) >= 11 is 1.60. The van der Waals surface area contributed by atoms with Crippen LogP contribution in [0.1, 0.15) is 53.1 Å². The minimum atomic E-state index is -0.187. The Hall–Kier alpha value is -1.00. The van der Waals surface area contributed by atoms with Gasteiger partial charge in [0.05, 0.1) is 5.25 Å². The molecule has 1 amide bonds. The van der Waals surface area contributed by atoms with Gasteiger partial charge in [-0.3, -0.25) is 4.79 Å². The Morgan fingerprint density at radius 1 is 1.29 bits per heavy atom. The third kappa shape index (κ3) is 6.53. The Balaban J connectivity index is 2.70. The van der Waals surface area contributed by atoms with Crippen LogP contribution in [-0.2, 0) is 4.79 Å². The summed E-state index contributed by atoms with van der Waals surface area (Å²) in [6.45, 7) is 13.2. The summed E-state index contributed by atoms with van der Waals surface area (Å²) in [6.07, 6.45) is 0. The maximum Gasteiger partial charge on any atom is 0.233 e. The van der Waals surface area contributed by atoms with E-state index >= 15 is 0 Å². The summed E-state index contributed by atoms with van der Waals surface area (Å²) in [5.41, 5.74) is 1.07. The predicted molar refractivity (Wildman–Crippen MR) is 91.7 cm³/mol. The van der Waals surface area contributed by atoms with Gasteiger partial charge >= 0.3 is 0 Å². The van der Waals surface area contributed by atoms with Crippen LogP contribution in [0.15, 0.2) is 29.2 Å². The first-order valence-corrected chi connectivity index (χ1v) is 8.43. The largest absolute Gasteiger partial charge is 0.351 e. The van der Waals surface area contributed by atoms with E-state index in [4.69, 9.17) is 0 Å². The fraction of sp³-hybridized carbons (Fsp3) is 0.588. The molecule has 0 spiro atoms. The molecule has 2 atom stereocenters. The third-order valence-electron chi connectivity index (χ3n) is 3.05. The van der Waals surface area contributed by atoms with Gasteiger partial charge in [-0.1, -0.05) is 19.1 Å². The van der Waals surface area contributed by atoms with Crippen molar-refractivity contribution in [2.75, 3.05) is 6.54 Å². The molecule has 4 heteroatoms. The van der Waals surface area contributed by atoms with Gasteiger partial charge in [0.25, 0.3) is 0 Å². The van der Waals surface area contributed by atoms with Crippen molar-refractivity contribution in [3.8, 4) is 0 Å². The predicted octanol–water partition coefficient (Wildman–Crippen LogP) is 3.75. The second-order valence-electron chi connectivity index (χ2n) is 6.35. The number of benzene rings is 1. The number of amides is 1. The Morgan fingerprint density at radius 3 is 2.52 bits per heavy atom. The van der Waals surface area contributed by atoms with Crippen molar-refractivity contribution in [3.05, 3.63) is 29.8 Å². The number of nitrogens with one attached hydrogen (secondary N) is 2. The molecule has 0 aliphatic rings. The first-order chi connectivity index (χ1) is 9.73. The van der Waals surface area contributed by atoms with Crippen LogP contribution in [0.5, 0.6) is 0 Å². The molecule has 1 aromatic rings. The number of hydrogen-bond donors (Lipinski definition) is 2. The fourth-order valence-electron chi connectivity index (χ4n) is 2.01. The SMILES string of the molecule is CCNC(C)c1cccc(SC(C)C(=O)NC(C)(C)C)c1. The maximum absolute atomic E-state index is 12.1. The standard InChI is InChI=1S/C17H28N2OS/c1-7-18-12(2)14-9-8-10-15(11-14)21-13(3)16(20)19-17(4,5)6/h8-13,18H,7H2,1-6H3,(H,19,20). The van der Waals surface area contributed by atoms with Crippen molar-refractivity contribution in [2.45, 2.75) is 63.3 Å². The van der Waals surface area contributed by atoms with Gasteiger partial charge in [-0.25, -0.2) is 0 Å². The maximum atomic E-state index is 12.1. The monoisotopic (exact) mass is 308 g/mol. The van der Waals surface area contributed by atoms with Crippen LogP contribution in [0.3, 0.4) is 0 Å². The number of hydrogen-bond acceptors (Lipinski definition) is 3. The molecule has 21 heavy (non-hydrogen) atoms. The molecule has 0 bridgehead atoms. The second kappa shape index (κ2) is 7.85. The highest BCUT2D eigenvalue weighted by Crippen LogP contribution is 2.26. The molecular weight excluding hydrogens is 280 g/mol. The minimum absolute atomic E-state index is 0.0811. The molecular formula is C17H28N2OS. The summed E-state index contributed by atoms with van der Waals surface area (Å²) in [4.78, 5) is 13.3. The van der Waals surface area contributed by atoms with Crippen molar-refractivity contribution in [1.29, 1.82) is 0 Å². The lowest BCUT2D eigenvalue weighted by Crippen LogP contribution is -2.44. The summed E-state index contributed by atoms with van der Waals surface area (Å²) in [7, 11) is 0. The van der Waals surface area contributed by atoms with Crippen LogP contribution in [0.25, 0.3) is 0 Å². The van der Waals surface area contributed by atoms with E-state index in [0.717, 1.165) is 11.4 Å². The molecule has 2 unspecified atom stereocenters. The Bertz CT molecular complexity index is 468. The normalized spacial score (nSPS) is 14.6. The van der Waals surface area contributed by atoms with Crippen LogP contribution < -0.4 is 10.6 Å². The zero-order chi connectivity index (χ0) is 16.0. The van der Waals surface area contributed by atoms with Crippen molar-refractivity contribution in [3.63, 3.8) is 0 Å². The summed E-state index contributed by atoms with van der Waals surface area (Å²) in [5.74, 6) is 0.0811. The fourth-order valence-corrected chi connectivity index (χ4v) is 2.95. The molecule has 0 fully saturated rings. The van der Waals surface area contributed by atoms with Crippen molar-refractivity contribution in [2.24, 2.45) is 0 Å². The zero-order valence-corrected chi connectivity index (χ0v) is 14.8. The summed E-state index contributed by atoms with van der Waals surface area (Å²) in [6, 6.07) is 8.73. The minimum Gasteiger partial charge on any atom is -0.351 e. The lowest BCUT2D eigenvalue weighted by atomic mass is 10.1. The highest BCUT2D eigenvalue weighted by atomic mass is 32.2. The van der Waals surface area contributed by atoms with Crippen LogP contribution in [0.4, 0.5) is 0 Å². The quantitative estimate of drug-likeness (QED) is 0.786. The van der Waals surface area contributed by atoms with Gasteiger partial charge in [-0.2, -0.15) is 0 Å². The number of carbonyl (C=O) groups excluding carboxylic acids is 1. The highest BCUT2D eigenvalue weighted by Gasteiger charge is 2.20. The van der Waals surface area contributed by atoms with E-state index in [9.17, 15) is 4.79 Å². The molecule has 0 radical (unpaired) electrons. The van der Waals surface area contributed by atoms with E-state index in [0.29, 0.717) is 6.04 Å². The van der Waals surface area contributed by atoms with Gasteiger partial charge in [-0.15, -0.1) is 11.8 Å². The molecule has 0 aliphatic heterocycles. The Labute approximate surface area is 133 Å². The first-order valence-electron chi connectivity index (χ1n) is 7.55. The summed E-state index contributed by atoms with van der Waals surface area (Å²) in [5, 5.41) is 6.33. The van der Waals surface area contributed by atoms with Gasteiger partial charge in [0.2, 0.25) is 5.91 Å².